The monoisotopic (exact) mass is 304 g/mol. The third-order valence-corrected chi connectivity index (χ3v) is 3.26. The van der Waals surface area contributed by atoms with Crippen LogP contribution in [0, 0.1) is 11.8 Å². The largest absolute Gasteiger partial charge is 0.493 e. The molecule has 22 heavy (non-hydrogen) atoms. The van der Waals surface area contributed by atoms with Gasteiger partial charge in [-0.15, -0.1) is 0 Å². The molecule has 1 aromatic rings. The van der Waals surface area contributed by atoms with E-state index in [0.29, 0.717) is 25.0 Å². The molecule has 0 saturated heterocycles. The Kier molecular flexibility index (Phi) is 5.05. The summed E-state index contributed by atoms with van der Waals surface area (Å²) in [4.78, 5) is 0. The SMILES string of the molecule is CC(C)COc1cc(OCC(C)C)c2c(c1)OC(C)(C)C=C2. The quantitative estimate of drug-likeness (QED) is 0.745. The lowest BCUT2D eigenvalue weighted by Gasteiger charge is -2.29. The Bertz CT molecular complexity index is 542. The van der Waals surface area contributed by atoms with Crippen molar-refractivity contribution >= 4 is 6.08 Å². The Morgan fingerprint density at radius 3 is 2.27 bits per heavy atom. The van der Waals surface area contributed by atoms with Gasteiger partial charge in [0.05, 0.1) is 18.8 Å². The molecule has 0 unspecified atom stereocenters. The topological polar surface area (TPSA) is 27.7 Å². The van der Waals surface area contributed by atoms with Gasteiger partial charge in [0.25, 0.3) is 0 Å². The van der Waals surface area contributed by atoms with Crippen LogP contribution in [0.25, 0.3) is 6.08 Å². The molecule has 0 aliphatic carbocycles. The first kappa shape index (κ1) is 16.7. The second-order valence-corrected chi connectivity index (χ2v) is 7.28. The average molecular weight is 304 g/mol. The number of hydrogen-bond donors (Lipinski definition) is 0. The van der Waals surface area contributed by atoms with Crippen LogP contribution in [-0.4, -0.2) is 18.8 Å². The fraction of sp³-hybridized carbons (Fsp3) is 0.579. The maximum atomic E-state index is 6.07. The lowest BCUT2D eigenvalue weighted by atomic mass is 10.0. The Morgan fingerprint density at radius 2 is 1.64 bits per heavy atom. The van der Waals surface area contributed by atoms with Crippen molar-refractivity contribution in [1.29, 1.82) is 0 Å². The molecule has 0 saturated carbocycles. The number of benzene rings is 1. The van der Waals surface area contributed by atoms with Crippen molar-refractivity contribution < 1.29 is 14.2 Å². The Hall–Kier alpha value is -1.64. The van der Waals surface area contributed by atoms with Crippen molar-refractivity contribution in [3.63, 3.8) is 0 Å². The van der Waals surface area contributed by atoms with E-state index in [4.69, 9.17) is 14.2 Å². The minimum Gasteiger partial charge on any atom is -0.493 e. The van der Waals surface area contributed by atoms with Crippen molar-refractivity contribution in [1.82, 2.24) is 0 Å². The molecule has 0 radical (unpaired) electrons. The first-order valence-electron chi connectivity index (χ1n) is 8.09. The van der Waals surface area contributed by atoms with Crippen LogP contribution >= 0.6 is 0 Å². The summed E-state index contributed by atoms with van der Waals surface area (Å²) in [6, 6.07) is 3.93. The first-order chi connectivity index (χ1) is 10.3. The fourth-order valence-electron chi connectivity index (χ4n) is 2.15. The Morgan fingerprint density at radius 1 is 1.00 bits per heavy atom. The molecule has 3 heteroatoms. The molecular formula is C19H28O3. The number of rotatable bonds is 6. The van der Waals surface area contributed by atoms with Crippen LogP contribution in [0.5, 0.6) is 17.2 Å². The molecule has 2 rings (SSSR count). The van der Waals surface area contributed by atoms with Crippen LogP contribution in [0.15, 0.2) is 18.2 Å². The molecule has 122 valence electrons. The summed E-state index contributed by atoms with van der Waals surface area (Å²) in [6.45, 7) is 14.0. The third kappa shape index (κ3) is 4.43. The number of hydrogen-bond acceptors (Lipinski definition) is 3. The molecule has 0 bridgehead atoms. The summed E-state index contributed by atoms with van der Waals surface area (Å²) in [6.07, 6.45) is 4.15. The zero-order valence-electron chi connectivity index (χ0n) is 14.6. The van der Waals surface area contributed by atoms with Gasteiger partial charge in [-0.1, -0.05) is 27.7 Å². The van der Waals surface area contributed by atoms with Crippen molar-refractivity contribution in [2.45, 2.75) is 47.1 Å². The van der Waals surface area contributed by atoms with E-state index >= 15 is 0 Å². The van der Waals surface area contributed by atoms with Gasteiger partial charge in [0, 0.05) is 12.1 Å². The van der Waals surface area contributed by atoms with Gasteiger partial charge in [-0.2, -0.15) is 0 Å². The fourth-order valence-corrected chi connectivity index (χ4v) is 2.15. The molecule has 0 amide bonds. The maximum absolute atomic E-state index is 6.07. The predicted molar refractivity (Wildman–Crippen MR) is 90.8 cm³/mol. The van der Waals surface area contributed by atoms with Crippen molar-refractivity contribution in [3.8, 4) is 17.2 Å². The van der Waals surface area contributed by atoms with Gasteiger partial charge in [0.2, 0.25) is 0 Å². The lowest BCUT2D eigenvalue weighted by molar-refractivity contribution is 0.156. The van der Waals surface area contributed by atoms with E-state index in [9.17, 15) is 0 Å². The molecule has 0 aromatic heterocycles. The second kappa shape index (κ2) is 6.64. The zero-order valence-corrected chi connectivity index (χ0v) is 14.6. The minimum absolute atomic E-state index is 0.307. The molecule has 0 fully saturated rings. The summed E-state index contributed by atoms with van der Waals surface area (Å²) < 4.78 is 17.9. The summed E-state index contributed by atoms with van der Waals surface area (Å²) in [5.74, 6) is 3.41. The van der Waals surface area contributed by atoms with Crippen molar-refractivity contribution in [3.05, 3.63) is 23.8 Å². The summed E-state index contributed by atoms with van der Waals surface area (Å²) >= 11 is 0. The van der Waals surface area contributed by atoms with E-state index in [1.165, 1.54) is 0 Å². The highest BCUT2D eigenvalue weighted by atomic mass is 16.5. The van der Waals surface area contributed by atoms with E-state index in [-0.39, 0.29) is 5.60 Å². The van der Waals surface area contributed by atoms with Gasteiger partial charge in [0.15, 0.2) is 0 Å². The zero-order chi connectivity index (χ0) is 16.3. The van der Waals surface area contributed by atoms with Crippen LogP contribution < -0.4 is 14.2 Å². The molecule has 0 N–H and O–H groups in total. The predicted octanol–water partition coefficient (Wildman–Crippen LogP) is 4.94. The van der Waals surface area contributed by atoms with Crippen LogP contribution in [-0.2, 0) is 0 Å². The highest BCUT2D eigenvalue weighted by molar-refractivity contribution is 5.69. The molecule has 1 aliphatic heterocycles. The van der Waals surface area contributed by atoms with E-state index in [1.807, 2.05) is 26.0 Å². The molecule has 3 nitrogen and oxygen atoms in total. The van der Waals surface area contributed by atoms with Crippen molar-refractivity contribution in [2.24, 2.45) is 11.8 Å². The van der Waals surface area contributed by atoms with Crippen LogP contribution in [0.1, 0.15) is 47.1 Å². The molecule has 1 aliphatic rings. The van der Waals surface area contributed by atoms with Gasteiger partial charge in [0.1, 0.15) is 22.8 Å². The Labute approximate surface area is 134 Å². The lowest BCUT2D eigenvalue weighted by Crippen LogP contribution is -2.27. The number of ether oxygens (including phenoxy) is 3. The average Bonchev–Trinajstić information content (AvgIpc) is 2.40. The van der Waals surface area contributed by atoms with Crippen LogP contribution in [0.4, 0.5) is 0 Å². The molecule has 1 aromatic carbocycles. The van der Waals surface area contributed by atoms with Gasteiger partial charge in [-0.25, -0.2) is 0 Å². The summed E-state index contributed by atoms with van der Waals surface area (Å²) in [5, 5.41) is 0. The summed E-state index contributed by atoms with van der Waals surface area (Å²) in [5.41, 5.74) is 0.691. The van der Waals surface area contributed by atoms with Gasteiger partial charge in [-0.05, 0) is 37.8 Å². The van der Waals surface area contributed by atoms with Gasteiger partial charge in [-0.3, -0.25) is 0 Å². The standard InChI is InChI=1S/C19H28O3/c1-13(2)11-20-15-9-17(21-12-14(3)4)16-7-8-19(5,6)22-18(16)10-15/h7-10,13-14H,11-12H2,1-6H3. The summed E-state index contributed by atoms with van der Waals surface area (Å²) in [7, 11) is 0. The second-order valence-electron chi connectivity index (χ2n) is 7.28. The van der Waals surface area contributed by atoms with E-state index < -0.39 is 0 Å². The normalized spacial score (nSPS) is 15.6. The van der Waals surface area contributed by atoms with Crippen molar-refractivity contribution in [2.75, 3.05) is 13.2 Å². The maximum Gasteiger partial charge on any atom is 0.135 e. The number of fused-ring (bicyclic) bond motifs is 1. The van der Waals surface area contributed by atoms with E-state index in [0.717, 1.165) is 22.8 Å². The van der Waals surface area contributed by atoms with Crippen LogP contribution in [0.3, 0.4) is 0 Å². The highest BCUT2D eigenvalue weighted by Gasteiger charge is 2.25. The van der Waals surface area contributed by atoms with E-state index in [1.54, 1.807) is 0 Å². The minimum atomic E-state index is -0.307. The first-order valence-corrected chi connectivity index (χ1v) is 8.09. The smallest absolute Gasteiger partial charge is 0.135 e. The highest BCUT2D eigenvalue weighted by Crippen LogP contribution is 2.40. The third-order valence-electron chi connectivity index (χ3n) is 3.26. The molecule has 0 spiro atoms. The molecular weight excluding hydrogens is 276 g/mol. The van der Waals surface area contributed by atoms with E-state index in [2.05, 4.69) is 39.8 Å². The Balaban J connectivity index is 2.31. The van der Waals surface area contributed by atoms with Gasteiger partial charge < -0.3 is 14.2 Å². The van der Waals surface area contributed by atoms with Gasteiger partial charge >= 0.3 is 0 Å². The molecule has 1 heterocycles. The van der Waals surface area contributed by atoms with Crippen LogP contribution in [0.2, 0.25) is 0 Å². The molecule has 0 atom stereocenters.